The van der Waals surface area contributed by atoms with Crippen molar-refractivity contribution in [2.45, 2.75) is 11.0 Å². The molecule has 1 aliphatic heterocycles. The highest BCUT2D eigenvalue weighted by molar-refractivity contribution is 7.89. The number of nitrogen functional groups attached to an aromatic ring is 1. The molecule has 1 fully saturated rings. The molecule has 3 rings (SSSR count). The number of sulfonamides is 1. The maximum atomic E-state index is 12.4. The first-order valence-corrected chi connectivity index (χ1v) is 8.10. The van der Waals surface area contributed by atoms with E-state index >= 15 is 0 Å². The molecule has 1 saturated heterocycles. The van der Waals surface area contributed by atoms with Crippen LogP contribution in [0.25, 0.3) is 10.9 Å². The number of fused-ring (bicyclic) bond motifs is 1. The number of hydrogen-bond acceptors (Lipinski definition) is 5. The van der Waals surface area contributed by atoms with Crippen molar-refractivity contribution in [1.29, 1.82) is 0 Å². The predicted octanol–water partition coefficient (Wildman–Crippen LogP) is 0.444. The van der Waals surface area contributed by atoms with Gasteiger partial charge in [0.05, 0.1) is 25.9 Å². The Balaban J connectivity index is 1.81. The second-order valence-electron chi connectivity index (χ2n) is 4.88. The summed E-state index contributed by atoms with van der Waals surface area (Å²) in [5.41, 5.74) is 6.96. The van der Waals surface area contributed by atoms with E-state index in [0.717, 1.165) is 5.52 Å². The van der Waals surface area contributed by atoms with Crippen molar-refractivity contribution in [3.05, 3.63) is 24.4 Å². The number of nitrogens with two attached hydrogens (primary N) is 1. The summed E-state index contributed by atoms with van der Waals surface area (Å²) < 4.78 is 38.0. The Morgan fingerprint density at radius 3 is 3.00 bits per heavy atom. The Bertz CT molecular complexity index is 735. The number of anilines is 1. The Kier molecular flexibility index (Phi) is 3.85. The van der Waals surface area contributed by atoms with Gasteiger partial charge in [-0.3, -0.25) is 0 Å². The maximum absolute atomic E-state index is 12.4. The van der Waals surface area contributed by atoms with Gasteiger partial charge in [-0.25, -0.2) is 13.1 Å². The van der Waals surface area contributed by atoms with E-state index in [-0.39, 0.29) is 17.5 Å². The number of aromatic amines is 1. The van der Waals surface area contributed by atoms with Crippen molar-refractivity contribution < 1.29 is 17.9 Å². The molecule has 1 aliphatic rings. The van der Waals surface area contributed by atoms with Gasteiger partial charge in [0, 0.05) is 29.3 Å². The lowest BCUT2D eigenvalue weighted by Crippen LogP contribution is -2.39. The van der Waals surface area contributed by atoms with Crippen LogP contribution in [0.15, 0.2) is 29.3 Å². The van der Waals surface area contributed by atoms with Gasteiger partial charge in [-0.15, -0.1) is 0 Å². The van der Waals surface area contributed by atoms with Crippen molar-refractivity contribution in [2.75, 3.05) is 32.1 Å². The third-order valence-electron chi connectivity index (χ3n) is 3.34. The van der Waals surface area contributed by atoms with Crippen LogP contribution in [-0.2, 0) is 19.5 Å². The molecule has 2 aromatic rings. The van der Waals surface area contributed by atoms with Gasteiger partial charge >= 0.3 is 0 Å². The van der Waals surface area contributed by atoms with Gasteiger partial charge in [0.1, 0.15) is 4.90 Å². The summed E-state index contributed by atoms with van der Waals surface area (Å²) in [5, 5.41) is 0.573. The first-order chi connectivity index (χ1) is 10.1. The van der Waals surface area contributed by atoms with Crippen LogP contribution in [0.3, 0.4) is 0 Å². The number of nitrogens with one attached hydrogen (secondary N) is 2. The Labute approximate surface area is 122 Å². The lowest BCUT2D eigenvalue weighted by atomic mass is 10.2. The molecule has 0 radical (unpaired) electrons. The molecule has 0 spiro atoms. The van der Waals surface area contributed by atoms with E-state index in [2.05, 4.69) is 9.71 Å². The first-order valence-electron chi connectivity index (χ1n) is 6.62. The van der Waals surface area contributed by atoms with E-state index in [1.807, 2.05) is 0 Å². The molecule has 1 unspecified atom stereocenters. The summed E-state index contributed by atoms with van der Waals surface area (Å²) in [6.07, 6.45) is 1.20. The summed E-state index contributed by atoms with van der Waals surface area (Å²) in [5.74, 6) is 0. The van der Waals surface area contributed by atoms with Crippen molar-refractivity contribution in [3.8, 4) is 0 Å². The topological polar surface area (TPSA) is 106 Å². The largest absolute Gasteiger partial charge is 0.399 e. The van der Waals surface area contributed by atoms with Gasteiger partial charge in [-0.2, -0.15) is 0 Å². The number of ether oxygens (including phenoxy) is 2. The maximum Gasteiger partial charge on any atom is 0.242 e. The van der Waals surface area contributed by atoms with Gasteiger partial charge in [0.25, 0.3) is 0 Å². The first kappa shape index (κ1) is 14.3. The average molecular weight is 311 g/mol. The van der Waals surface area contributed by atoms with Crippen LogP contribution in [0.2, 0.25) is 0 Å². The van der Waals surface area contributed by atoms with E-state index in [1.54, 1.807) is 18.2 Å². The average Bonchev–Trinajstić information content (AvgIpc) is 2.90. The molecule has 0 saturated carbocycles. The fourth-order valence-electron chi connectivity index (χ4n) is 2.27. The number of aromatic nitrogens is 1. The smallest absolute Gasteiger partial charge is 0.242 e. The van der Waals surface area contributed by atoms with E-state index in [0.29, 0.717) is 30.9 Å². The number of rotatable bonds is 4. The summed E-state index contributed by atoms with van der Waals surface area (Å²) >= 11 is 0. The van der Waals surface area contributed by atoms with Crippen LogP contribution in [0, 0.1) is 0 Å². The third kappa shape index (κ3) is 3.03. The van der Waals surface area contributed by atoms with Crippen molar-refractivity contribution >= 4 is 26.6 Å². The molecule has 2 heterocycles. The number of H-pyrrole nitrogens is 1. The predicted molar refractivity (Wildman–Crippen MR) is 78.5 cm³/mol. The minimum absolute atomic E-state index is 0.178. The monoisotopic (exact) mass is 311 g/mol. The number of benzene rings is 1. The van der Waals surface area contributed by atoms with Gasteiger partial charge in [-0.05, 0) is 18.2 Å². The van der Waals surface area contributed by atoms with Crippen LogP contribution < -0.4 is 10.5 Å². The van der Waals surface area contributed by atoms with Crippen LogP contribution in [-0.4, -0.2) is 45.9 Å². The summed E-state index contributed by atoms with van der Waals surface area (Å²) in [7, 11) is -3.63. The standard InChI is InChI=1S/C13H17N3O4S/c14-9-1-2-12-11(5-9)13(7-15-12)21(17,18)16-6-10-8-19-3-4-20-10/h1-2,5,7,10,15-16H,3-4,6,8,14H2. The van der Waals surface area contributed by atoms with Crippen LogP contribution >= 0.6 is 0 Å². The Morgan fingerprint density at radius 1 is 1.38 bits per heavy atom. The quantitative estimate of drug-likeness (QED) is 0.711. The molecule has 1 aromatic carbocycles. The molecule has 4 N–H and O–H groups in total. The summed E-state index contributed by atoms with van der Waals surface area (Å²) in [6.45, 7) is 1.60. The molecular formula is C13H17N3O4S. The van der Waals surface area contributed by atoms with Crippen LogP contribution in [0.4, 0.5) is 5.69 Å². The van der Waals surface area contributed by atoms with Gasteiger partial charge in [0.15, 0.2) is 0 Å². The fraction of sp³-hybridized carbons (Fsp3) is 0.385. The molecule has 1 aromatic heterocycles. The second-order valence-corrected chi connectivity index (χ2v) is 6.61. The van der Waals surface area contributed by atoms with E-state index in [9.17, 15) is 8.42 Å². The van der Waals surface area contributed by atoms with Crippen LogP contribution in [0.5, 0.6) is 0 Å². The molecule has 1 atom stereocenters. The van der Waals surface area contributed by atoms with Crippen molar-refractivity contribution in [1.82, 2.24) is 9.71 Å². The second kappa shape index (κ2) is 5.64. The van der Waals surface area contributed by atoms with E-state index in [1.165, 1.54) is 6.20 Å². The highest BCUT2D eigenvalue weighted by atomic mass is 32.2. The summed E-state index contributed by atoms with van der Waals surface area (Å²) in [6, 6.07) is 5.11. The number of hydrogen-bond donors (Lipinski definition) is 3. The Morgan fingerprint density at radius 2 is 2.24 bits per heavy atom. The molecule has 0 bridgehead atoms. The highest BCUT2D eigenvalue weighted by Crippen LogP contribution is 2.24. The molecule has 0 aliphatic carbocycles. The zero-order valence-electron chi connectivity index (χ0n) is 11.3. The van der Waals surface area contributed by atoms with Crippen molar-refractivity contribution in [3.63, 3.8) is 0 Å². The zero-order chi connectivity index (χ0) is 14.9. The zero-order valence-corrected chi connectivity index (χ0v) is 12.2. The minimum Gasteiger partial charge on any atom is -0.399 e. The molecule has 114 valence electrons. The van der Waals surface area contributed by atoms with E-state index in [4.69, 9.17) is 15.2 Å². The minimum atomic E-state index is -3.63. The molecule has 21 heavy (non-hydrogen) atoms. The fourth-order valence-corrected chi connectivity index (χ4v) is 3.50. The highest BCUT2D eigenvalue weighted by Gasteiger charge is 2.22. The molecule has 0 amide bonds. The molecule has 8 heteroatoms. The molecule has 7 nitrogen and oxygen atoms in total. The van der Waals surface area contributed by atoms with Crippen molar-refractivity contribution in [2.24, 2.45) is 0 Å². The normalized spacial score (nSPS) is 19.9. The van der Waals surface area contributed by atoms with Gasteiger partial charge in [0.2, 0.25) is 10.0 Å². The Hall–Kier alpha value is -1.61. The lowest BCUT2D eigenvalue weighted by molar-refractivity contribution is -0.0846. The van der Waals surface area contributed by atoms with Gasteiger partial charge < -0.3 is 20.2 Å². The summed E-state index contributed by atoms with van der Waals surface area (Å²) in [4.78, 5) is 3.11. The lowest BCUT2D eigenvalue weighted by Gasteiger charge is -2.22. The van der Waals surface area contributed by atoms with Gasteiger partial charge in [-0.1, -0.05) is 0 Å². The third-order valence-corrected chi connectivity index (χ3v) is 4.81. The SMILES string of the molecule is Nc1ccc2[nH]cc(S(=O)(=O)NCC3COCCO3)c2c1. The van der Waals surface area contributed by atoms with Crippen LogP contribution in [0.1, 0.15) is 0 Å². The molecular weight excluding hydrogens is 294 g/mol. The van der Waals surface area contributed by atoms with E-state index < -0.39 is 10.0 Å².